The number of rotatable bonds is 9. The van der Waals surface area contributed by atoms with Gasteiger partial charge in [0, 0.05) is 35.5 Å². The standard InChI is InChI=1S/C18H25NO4S2/c1-2-23-15-5-3-13(4-6-15)9-14(18(21)22)11-19-17(20)10-16-12-24-7-8-25-16/h3-6,14,16H,2,7-12H2,1H3,(H,19,20)(H,21,22). The highest BCUT2D eigenvalue weighted by Crippen LogP contribution is 2.26. The lowest BCUT2D eigenvalue weighted by molar-refractivity contribution is -0.141. The van der Waals surface area contributed by atoms with Gasteiger partial charge in [0.1, 0.15) is 5.75 Å². The quantitative estimate of drug-likeness (QED) is 0.683. The molecule has 1 amide bonds. The topological polar surface area (TPSA) is 75.6 Å². The van der Waals surface area contributed by atoms with Gasteiger partial charge in [0.25, 0.3) is 0 Å². The van der Waals surface area contributed by atoms with Crippen molar-refractivity contribution in [2.24, 2.45) is 5.92 Å². The van der Waals surface area contributed by atoms with E-state index in [4.69, 9.17) is 4.74 Å². The number of amides is 1. The molecule has 1 aromatic rings. The molecule has 2 atom stereocenters. The normalized spacial score (nSPS) is 18.4. The molecule has 1 saturated heterocycles. The second kappa shape index (κ2) is 10.6. The van der Waals surface area contributed by atoms with E-state index in [9.17, 15) is 14.7 Å². The highest BCUT2D eigenvalue weighted by molar-refractivity contribution is 8.06. The van der Waals surface area contributed by atoms with Gasteiger partial charge >= 0.3 is 5.97 Å². The van der Waals surface area contributed by atoms with E-state index < -0.39 is 11.9 Å². The van der Waals surface area contributed by atoms with E-state index in [1.165, 1.54) is 0 Å². The van der Waals surface area contributed by atoms with Gasteiger partial charge in [-0.3, -0.25) is 9.59 Å². The Kier molecular flexibility index (Phi) is 8.48. The van der Waals surface area contributed by atoms with Crippen molar-refractivity contribution in [1.29, 1.82) is 0 Å². The Morgan fingerprint density at radius 2 is 2.08 bits per heavy atom. The molecule has 1 fully saturated rings. The molecule has 1 heterocycles. The van der Waals surface area contributed by atoms with Crippen LogP contribution in [0.5, 0.6) is 5.75 Å². The molecule has 2 rings (SSSR count). The maximum atomic E-state index is 12.1. The maximum Gasteiger partial charge on any atom is 0.308 e. The van der Waals surface area contributed by atoms with Gasteiger partial charge in [0.05, 0.1) is 12.5 Å². The third kappa shape index (κ3) is 7.20. The fourth-order valence-electron chi connectivity index (χ4n) is 2.59. The molecule has 7 heteroatoms. The number of hydrogen-bond donors (Lipinski definition) is 2. The molecule has 2 unspecified atom stereocenters. The second-order valence-electron chi connectivity index (χ2n) is 5.89. The van der Waals surface area contributed by atoms with Crippen LogP contribution in [0.25, 0.3) is 0 Å². The van der Waals surface area contributed by atoms with Crippen LogP contribution in [0, 0.1) is 5.92 Å². The molecule has 0 spiro atoms. The van der Waals surface area contributed by atoms with E-state index in [-0.39, 0.29) is 12.5 Å². The molecule has 25 heavy (non-hydrogen) atoms. The van der Waals surface area contributed by atoms with Crippen LogP contribution in [-0.4, -0.2) is 52.6 Å². The molecule has 0 aromatic heterocycles. The number of benzene rings is 1. The number of carboxylic acids is 1. The summed E-state index contributed by atoms with van der Waals surface area (Å²) in [6.45, 7) is 2.67. The Bertz CT molecular complexity index is 559. The average Bonchev–Trinajstić information content (AvgIpc) is 2.61. The van der Waals surface area contributed by atoms with E-state index in [0.717, 1.165) is 28.6 Å². The largest absolute Gasteiger partial charge is 0.494 e. The number of carboxylic acid groups (broad SMARTS) is 1. The molecular weight excluding hydrogens is 358 g/mol. The number of nitrogens with one attached hydrogen (secondary N) is 1. The molecule has 0 radical (unpaired) electrons. The minimum atomic E-state index is -0.892. The van der Waals surface area contributed by atoms with Gasteiger partial charge < -0.3 is 15.2 Å². The van der Waals surface area contributed by atoms with Gasteiger partial charge in [-0.15, -0.1) is 0 Å². The summed E-state index contributed by atoms with van der Waals surface area (Å²) < 4.78 is 5.39. The van der Waals surface area contributed by atoms with Crippen molar-refractivity contribution < 1.29 is 19.4 Å². The van der Waals surface area contributed by atoms with Gasteiger partial charge in [-0.2, -0.15) is 23.5 Å². The van der Waals surface area contributed by atoms with Crippen LogP contribution in [0.2, 0.25) is 0 Å². The van der Waals surface area contributed by atoms with Crippen molar-refractivity contribution in [2.75, 3.05) is 30.4 Å². The lowest BCUT2D eigenvalue weighted by Gasteiger charge is -2.21. The highest BCUT2D eigenvalue weighted by atomic mass is 32.2. The Morgan fingerprint density at radius 3 is 2.68 bits per heavy atom. The zero-order valence-electron chi connectivity index (χ0n) is 14.4. The van der Waals surface area contributed by atoms with Crippen molar-refractivity contribution in [1.82, 2.24) is 5.32 Å². The van der Waals surface area contributed by atoms with Gasteiger partial charge in [-0.1, -0.05) is 12.1 Å². The molecule has 138 valence electrons. The van der Waals surface area contributed by atoms with Crippen LogP contribution in [0.4, 0.5) is 0 Å². The Balaban J connectivity index is 1.81. The lowest BCUT2D eigenvalue weighted by Crippen LogP contribution is -2.35. The lowest BCUT2D eigenvalue weighted by atomic mass is 9.99. The smallest absolute Gasteiger partial charge is 0.308 e. The van der Waals surface area contributed by atoms with Gasteiger partial charge in [0.15, 0.2) is 0 Å². The van der Waals surface area contributed by atoms with E-state index in [0.29, 0.717) is 24.7 Å². The number of thioether (sulfide) groups is 2. The predicted octanol–water partition coefficient (Wildman–Crippen LogP) is 2.68. The highest BCUT2D eigenvalue weighted by Gasteiger charge is 2.21. The molecular formula is C18H25NO4S2. The minimum Gasteiger partial charge on any atom is -0.494 e. The fourth-order valence-corrected chi connectivity index (χ4v) is 5.27. The van der Waals surface area contributed by atoms with Crippen LogP contribution in [0.1, 0.15) is 18.9 Å². The summed E-state index contributed by atoms with van der Waals surface area (Å²) >= 11 is 3.71. The van der Waals surface area contributed by atoms with Crippen molar-refractivity contribution in [3.63, 3.8) is 0 Å². The second-order valence-corrected chi connectivity index (χ2v) is 8.45. The van der Waals surface area contributed by atoms with Crippen molar-refractivity contribution >= 4 is 35.4 Å². The van der Waals surface area contributed by atoms with E-state index >= 15 is 0 Å². The van der Waals surface area contributed by atoms with Crippen LogP contribution < -0.4 is 10.1 Å². The summed E-state index contributed by atoms with van der Waals surface area (Å²) in [6.07, 6.45) is 0.850. The van der Waals surface area contributed by atoms with Gasteiger partial charge in [-0.25, -0.2) is 0 Å². The van der Waals surface area contributed by atoms with Crippen molar-refractivity contribution in [2.45, 2.75) is 25.0 Å². The fraction of sp³-hybridized carbons (Fsp3) is 0.556. The molecule has 0 bridgehead atoms. The first-order valence-electron chi connectivity index (χ1n) is 8.49. The Morgan fingerprint density at radius 1 is 1.32 bits per heavy atom. The minimum absolute atomic E-state index is 0.0575. The van der Waals surface area contributed by atoms with Crippen molar-refractivity contribution in [3.8, 4) is 5.75 Å². The summed E-state index contributed by atoms with van der Waals surface area (Å²) in [6, 6.07) is 7.43. The molecule has 2 N–H and O–H groups in total. The Hall–Kier alpha value is -1.34. The van der Waals surface area contributed by atoms with Gasteiger partial charge in [-0.05, 0) is 31.0 Å². The van der Waals surface area contributed by atoms with Crippen molar-refractivity contribution in [3.05, 3.63) is 29.8 Å². The van der Waals surface area contributed by atoms with E-state index in [1.54, 1.807) is 0 Å². The molecule has 1 aliphatic heterocycles. The summed E-state index contributed by atoms with van der Waals surface area (Å²) in [7, 11) is 0. The van der Waals surface area contributed by atoms with E-state index in [2.05, 4.69) is 5.32 Å². The molecule has 0 saturated carbocycles. The summed E-state index contributed by atoms with van der Waals surface area (Å²) in [4.78, 5) is 23.6. The van der Waals surface area contributed by atoms with Crippen LogP contribution >= 0.6 is 23.5 Å². The first-order valence-corrected chi connectivity index (χ1v) is 10.7. The molecule has 1 aromatic carbocycles. The third-order valence-corrected chi connectivity index (χ3v) is 6.75. The molecule has 5 nitrogen and oxygen atoms in total. The summed E-state index contributed by atoms with van der Waals surface area (Å²) in [5, 5.41) is 12.6. The average molecular weight is 384 g/mol. The first-order chi connectivity index (χ1) is 12.1. The maximum absolute atomic E-state index is 12.1. The zero-order valence-corrected chi connectivity index (χ0v) is 16.0. The number of aliphatic carboxylic acids is 1. The third-order valence-electron chi connectivity index (χ3n) is 3.91. The van der Waals surface area contributed by atoms with Crippen LogP contribution in [0.3, 0.4) is 0 Å². The monoisotopic (exact) mass is 383 g/mol. The molecule has 1 aliphatic rings. The zero-order chi connectivity index (χ0) is 18.1. The summed E-state index contributed by atoms with van der Waals surface area (Å²) in [5.74, 6) is 2.41. The predicted molar refractivity (Wildman–Crippen MR) is 104 cm³/mol. The number of hydrogen-bond acceptors (Lipinski definition) is 5. The summed E-state index contributed by atoms with van der Waals surface area (Å²) in [5.41, 5.74) is 0.921. The first kappa shape index (κ1) is 20.0. The van der Waals surface area contributed by atoms with E-state index in [1.807, 2.05) is 54.7 Å². The van der Waals surface area contributed by atoms with Crippen LogP contribution in [0.15, 0.2) is 24.3 Å². The Labute approximate surface area is 157 Å². The van der Waals surface area contributed by atoms with Gasteiger partial charge in [0.2, 0.25) is 5.91 Å². The SMILES string of the molecule is CCOc1ccc(CC(CNC(=O)CC2CSCCS2)C(=O)O)cc1. The number of carbonyl (C=O) groups excluding carboxylic acids is 1. The molecule has 0 aliphatic carbocycles. The van der Waals surface area contributed by atoms with Crippen LogP contribution in [-0.2, 0) is 16.0 Å². The number of carbonyl (C=O) groups is 2. The number of ether oxygens (including phenoxy) is 1.